The van der Waals surface area contributed by atoms with Crippen molar-refractivity contribution in [3.05, 3.63) is 59.2 Å². The van der Waals surface area contributed by atoms with Gasteiger partial charge in [0.2, 0.25) is 0 Å². The van der Waals surface area contributed by atoms with Crippen molar-refractivity contribution in [2.45, 2.75) is 6.04 Å². The van der Waals surface area contributed by atoms with E-state index in [-0.39, 0.29) is 6.04 Å². The van der Waals surface area contributed by atoms with Crippen molar-refractivity contribution in [1.29, 1.82) is 0 Å². The molecule has 0 saturated carbocycles. The molecule has 0 aliphatic heterocycles. The Morgan fingerprint density at radius 1 is 0.952 bits per heavy atom. The van der Waals surface area contributed by atoms with Crippen LogP contribution in [0.15, 0.2) is 36.4 Å². The number of rotatable bonds is 5. The summed E-state index contributed by atoms with van der Waals surface area (Å²) < 4.78 is 37.1. The van der Waals surface area contributed by atoms with E-state index in [2.05, 4.69) is 5.32 Å². The van der Waals surface area contributed by atoms with Gasteiger partial charge in [0, 0.05) is 5.56 Å². The van der Waals surface area contributed by atoms with Gasteiger partial charge in [0.1, 0.15) is 11.5 Å². The third-order valence-electron chi connectivity index (χ3n) is 3.31. The number of hydrogen-bond acceptors (Lipinski definition) is 3. The number of halogens is 2. The van der Waals surface area contributed by atoms with E-state index < -0.39 is 11.6 Å². The predicted octanol–water partition coefficient (Wildman–Crippen LogP) is 3.29. The van der Waals surface area contributed by atoms with Gasteiger partial charge in [-0.25, -0.2) is 8.78 Å². The number of benzene rings is 2. The molecule has 1 atom stereocenters. The molecule has 0 aliphatic carbocycles. The fourth-order valence-electron chi connectivity index (χ4n) is 2.26. The quantitative estimate of drug-likeness (QED) is 0.917. The SMILES string of the molecule is CNC(c1ccc(F)c(F)c1)c1cc(OC)ccc1OC. The van der Waals surface area contributed by atoms with E-state index in [0.29, 0.717) is 17.1 Å². The largest absolute Gasteiger partial charge is 0.497 e. The molecule has 0 aliphatic rings. The summed E-state index contributed by atoms with van der Waals surface area (Å²) in [6.07, 6.45) is 0. The normalized spacial score (nSPS) is 12.0. The van der Waals surface area contributed by atoms with Gasteiger partial charge in [0.15, 0.2) is 11.6 Å². The standard InChI is InChI=1S/C16H17F2NO2/c1-19-16(10-4-6-13(17)14(18)8-10)12-9-11(20-2)5-7-15(12)21-3/h4-9,16,19H,1-3H3. The fourth-order valence-corrected chi connectivity index (χ4v) is 2.26. The van der Waals surface area contributed by atoms with Crippen LogP contribution in [-0.4, -0.2) is 21.3 Å². The van der Waals surface area contributed by atoms with Crippen molar-refractivity contribution in [3.63, 3.8) is 0 Å². The molecular weight excluding hydrogens is 276 g/mol. The van der Waals surface area contributed by atoms with Crippen LogP contribution in [0.5, 0.6) is 11.5 Å². The molecule has 0 bridgehead atoms. The first kappa shape index (κ1) is 15.3. The molecule has 0 radical (unpaired) electrons. The zero-order valence-corrected chi connectivity index (χ0v) is 12.1. The fraction of sp³-hybridized carbons (Fsp3) is 0.250. The minimum absolute atomic E-state index is 0.342. The zero-order valence-electron chi connectivity index (χ0n) is 12.1. The lowest BCUT2D eigenvalue weighted by Crippen LogP contribution is -2.19. The molecule has 2 aromatic rings. The smallest absolute Gasteiger partial charge is 0.159 e. The minimum atomic E-state index is -0.880. The molecule has 21 heavy (non-hydrogen) atoms. The second-order valence-corrected chi connectivity index (χ2v) is 4.50. The number of methoxy groups -OCH3 is 2. The number of nitrogens with one attached hydrogen (secondary N) is 1. The first-order chi connectivity index (χ1) is 10.1. The zero-order chi connectivity index (χ0) is 15.4. The maximum atomic E-state index is 13.5. The summed E-state index contributed by atoms with van der Waals surface area (Å²) in [5, 5.41) is 3.08. The van der Waals surface area contributed by atoms with Gasteiger partial charge in [-0.05, 0) is 42.9 Å². The van der Waals surface area contributed by atoms with Gasteiger partial charge in [-0.1, -0.05) is 6.07 Å². The number of ether oxygens (including phenoxy) is 2. The van der Waals surface area contributed by atoms with Crippen LogP contribution in [0, 0.1) is 11.6 Å². The third-order valence-corrected chi connectivity index (χ3v) is 3.31. The molecular formula is C16H17F2NO2. The van der Waals surface area contributed by atoms with Crippen molar-refractivity contribution in [2.75, 3.05) is 21.3 Å². The molecule has 0 saturated heterocycles. The summed E-state index contributed by atoms with van der Waals surface area (Å²) in [5.41, 5.74) is 1.38. The van der Waals surface area contributed by atoms with Gasteiger partial charge in [-0.3, -0.25) is 0 Å². The van der Waals surface area contributed by atoms with E-state index in [9.17, 15) is 8.78 Å². The summed E-state index contributed by atoms with van der Waals surface area (Å²) in [5.74, 6) is -0.450. The van der Waals surface area contributed by atoms with E-state index in [0.717, 1.165) is 11.6 Å². The van der Waals surface area contributed by atoms with Crippen LogP contribution >= 0.6 is 0 Å². The molecule has 0 amide bonds. The minimum Gasteiger partial charge on any atom is -0.497 e. The second kappa shape index (κ2) is 6.54. The highest BCUT2D eigenvalue weighted by atomic mass is 19.2. The third kappa shape index (κ3) is 3.13. The van der Waals surface area contributed by atoms with E-state index in [1.165, 1.54) is 6.07 Å². The molecule has 1 unspecified atom stereocenters. The first-order valence-corrected chi connectivity index (χ1v) is 6.44. The average molecular weight is 293 g/mol. The van der Waals surface area contributed by atoms with Crippen molar-refractivity contribution in [1.82, 2.24) is 5.32 Å². The predicted molar refractivity (Wildman–Crippen MR) is 76.8 cm³/mol. The van der Waals surface area contributed by atoms with E-state index >= 15 is 0 Å². The monoisotopic (exact) mass is 293 g/mol. The lowest BCUT2D eigenvalue weighted by Gasteiger charge is -2.20. The molecule has 2 rings (SSSR count). The highest BCUT2D eigenvalue weighted by molar-refractivity contribution is 5.46. The molecule has 0 spiro atoms. The van der Waals surface area contributed by atoms with Crippen LogP contribution in [0.1, 0.15) is 17.2 Å². The summed E-state index contributed by atoms with van der Waals surface area (Å²) >= 11 is 0. The van der Waals surface area contributed by atoms with Gasteiger partial charge in [-0.2, -0.15) is 0 Å². The Morgan fingerprint density at radius 3 is 2.29 bits per heavy atom. The maximum Gasteiger partial charge on any atom is 0.159 e. The topological polar surface area (TPSA) is 30.5 Å². The maximum absolute atomic E-state index is 13.5. The van der Waals surface area contributed by atoms with E-state index in [1.807, 2.05) is 0 Å². The van der Waals surface area contributed by atoms with Crippen LogP contribution < -0.4 is 14.8 Å². The molecule has 2 aromatic carbocycles. The van der Waals surface area contributed by atoms with Crippen LogP contribution in [0.25, 0.3) is 0 Å². The van der Waals surface area contributed by atoms with E-state index in [1.54, 1.807) is 45.5 Å². The Hall–Kier alpha value is -2.14. The van der Waals surface area contributed by atoms with Gasteiger partial charge in [0.05, 0.1) is 20.3 Å². The van der Waals surface area contributed by atoms with Gasteiger partial charge in [-0.15, -0.1) is 0 Å². The Kier molecular flexibility index (Phi) is 4.75. The summed E-state index contributed by atoms with van der Waals surface area (Å²) in [6.45, 7) is 0. The Bertz CT molecular complexity index is 632. The van der Waals surface area contributed by atoms with Crippen LogP contribution in [0.3, 0.4) is 0 Å². The van der Waals surface area contributed by atoms with Crippen molar-refractivity contribution < 1.29 is 18.3 Å². The highest BCUT2D eigenvalue weighted by Gasteiger charge is 2.19. The molecule has 0 heterocycles. The van der Waals surface area contributed by atoms with Crippen LogP contribution in [0.4, 0.5) is 8.78 Å². The lowest BCUT2D eigenvalue weighted by atomic mass is 9.97. The summed E-state index contributed by atoms with van der Waals surface area (Å²) in [7, 11) is 4.87. The molecule has 5 heteroatoms. The van der Waals surface area contributed by atoms with Gasteiger partial charge in [0.25, 0.3) is 0 Å². The van der Waals surface area contributed by atoms with Gasteiger partial charge < -0.3 is 14.8 Å². The Labute approximate surface area is 122 Å². The van der Waals surface area contributed by atoms with Crippen molar-refractivity contribution in [3.8, 4) is 11.5 Å². The molecule has 3 nitrogen and oxygen atoms in total. The first-order valence-electron chi connectivity index (χ1n) is 6.44. The number of hydrogen-bond donors (Lipinski definition) is 1. The summed E-state index contributed by atoms with van der Waals surface area (Å²) in [6, 6.07) is 8.85. The van der Waals surface area contributed by atoms with Crippen molar-refractivity contribution >= 4 is 0 Å². The second-order valence-electron chi connectivity index (χ2n) is 4.50. The van der Waals surface area contributed by atoms with Crippen LogP contribution in [0.2, 0.25) is 0 Å². The molecule has 0 fully saturated rings. The Balaban J connectivity index is 2.51. The van der Waals surface area contributed by atoms with Crippen molar-refractivity contribution in [2.24, 2.45) is 0 Å². The average Bonchev–Trinajstić information content (AvgIpc) is 2.51. The Morgan fingerprint density at radius 2 is 1.71 bits per heavy atom. The van der Waals surface area contributed by atoms with Crippen LogP contribution in [-0.2, 0) is 0 Å². The molecule has 0 aromatic heterocycles. The lowest BCUT2D eigenvalue weighted by molar-refractivity contribution is 0.395. The van der Waals surface area contributed by atoms with Gasteiger partial charge >= 0.3 is 0 Å². The molecule has 1 N–H and O–H groups in total. The highest BCUT2D eigenvalue weighted by Crippen LogP contribution is 2.33. The van der Waals surface area contributed by atoms with E-state index in [4.69, 9.17) is 9.47 Å². The molecule has 112 valence electrons. The summed E-state index contributed by atoms with van der Waals surface area (Å²) in [4.78, 5) is 0.